The molecule has 8 aromatic rings. The fourth-order valence-corrected chi connectivity index (χ4v) is 11.7. The minimum Gasteiger partial charge on any atom is -0.497 e. The van der Waals surface area contributed by atoms with Crippen LogP contribution in [0.2, 0.25) is 0 Å². The predicted octanol–water partition coefficient (Wildman–Crippen LogP) is 12.7. The number of hydrogen-bond acceptors (Lipinski definition) is 15. The van der Waals surface area contributed by atoms with E-state index >= 15 is 4.79 Å². The summed E-state index contributed by atoms with van der Waals surface area (Å²) >= 11 is 0. The van der Waals surface area contributed by atoms with Crippen molar-refractivity contribution in [1.82, 2.24) is 20.9 Å². The van der Waals surface area contributed by atoms with Crippen molar-refractivity contribution in [2.24, 2.45) is 0 Å². The fourth-order valence-electron chi connectivity index (χ4n) is 11.7. The summed E-state index contributed by atoms with van der Waals surface area (Å²) in [6.45, 7) is 3.55. The van der Waals surface area contributed by atoms with Crippen LogP contribution in [0.25, 0.3) is 44.8 Å². The van der Waals surface area contributed by atoms with Crippen molar-refractivity contribution in [3.05, 3.63) is 144 Å². The van der Waals surface area contributed by atoms with Gasteiger partial charge in [-0.05, 0) is 136 Å². The second-order valence-corrected chi connectivity index (χ2v) is 20.3. The van der Waals surface area contributed by atoms with Crippen molar-refractivity contribution in [3.63, 3.8) is 0 Å². The zero-order chi connectivity index (χ0) is 53.1. The molecule has 2 fully saturated rings. The number of carbonyl (C=O) groups excluding carboxylic acids is 1. The van der Waals surface area contributed by atoms with Crippen LogP contribution in [0.4, 0.5) is 22.7 Å². The number of anilines is 4. The Kier molecular flexibility index (Phi) is 14.5. The molecule has 2 atom stereocenters. The van der Waals surface area contributed by atoms with E-state index in [1.807, 2.05) is 109 Å². The van der Waals surface area contributed by atoms with Gasteiger partial charge in [-0.25, -0.2) is 0 Å². The van der Waals surface area contributed by atoms with Crippen LogP contribution in [0, 0.1) is 0 Å². The molecular formula is C63H64N6O9. The van der Waals surface area contributed by atoms with Gasteiger partial charge in [0.05, 0.1) is 77.5 Å². The molecule has 0 radical (unpaired) electrons. The van der Waals surface area contributed by atoms with E-state index in [0.29, 0.717) is 95.4 Å². The molecular weight excluding hydrogens is 985 g/mol. The third-order valence-electron chi connectivity index (χ3n) is 15.8. The molecule has 4 aliphatic heterocycles. The molecule has 2 aromatic heterocycles. The first-order chi connectivity index (χ1) is 38.4. The van der Waals surface area contributed by atoms with Crippen LogP contribution in [0.5, 0.6) is 34.5 Å². The van der Waals surface area contributed by atoms with Gasteiger partial charge in [0, 0.05) is 68.7 Å². The van der Waals surface area contributed by atoms with Gasteiger partial charge in [-0.1, -0.05) is 47.4 Å². The van der Waals surface area contributed by atoms with Gasteiger partial charge < -0.3 is 57.9 Å². The van der Waals surface area contributed by atoms with E-state index in [4.69, 9.17) is 37.5 Å². The number of carbonyl (C=O) groups is 1. The highest BCUT2D eigenvalue weighted by atomic mass is 16.5. The number of piperidine rings is 2. The summed E-state index contributed by atoms with van der Waals surface area (Å²) in [7, 11) is 6.63. The Hall–Kier alpha value is -8.27. The van der Waals surface area contributed by atoms with Gasteiger partial charge >= 0.3 is 0 Å². The monoisotopic (exact) mass is 1050 g/mol. The van der Waals surface area contributed by atoms with Crippen LogP contribution in [0.1, 0.15) is 78.4 Å². The summed E-state index contributed by atoms with van der Waals surface area (Å²) in [6.07, 6.45) is 11.9. The molecule has 0 saturated carbocycles. The van der Waals surface area contributed by atoms with Crippen molar-refractivity contribution in [3.8, 4) is 79.3 Å². The van der Waals surface area contributed by atoms with Crippen LogP contribution in [0.15, 0.2) is 131 Å². The normalized spacial score (nSPS) is 16.6. The van der Waals surface area contributed by atoms with Gasteiger partial charge in [-0.15, -0.1) is 0 Å². The average molecular weight is 1050 g/mol. The van der Waals surface area contributed by atoms with Gasteiger partial charge in [0.2, 0.25) is 0 Å². The molecule has 0 bridgehead atoms. The molecule has 0 spiro atoms. The molecule has 0 amide bonds. The molecule has 78 heavy (non-hydrogen) atoms. The highest BCUT2D eigenvalue weighted by molar-refractivity contribution is 6.20. The molecule has 6 aromatic carbocycles. The van der Waals surface area contributed by atoms with Crippen molar-refractivity contribution >= 4 is 28.5 Å². The lowest BCUT2D eigenvalue weighted by molar-refractivity contribution is 0.103. The number of fused-ring (bicyclic) bond motifs is 6. The zero-order valence-corrected chi connectivity index (χ0v) is 44.6. The first kappa shape index (κ1) is 50.5. The molecule has 2 N–H and O–H groups in total. The van der Waals surface area contributed by atoms with Gasteiger partial charge in [-0.2, -0.15) is 0 Å². The summed E-state index contributed by atoms with van der Waals surface area (Å²) in [5, 5.41) is 16.4. The number of methoxy groups -OCH3 is 4. The Morgan fingerprint density at radius 3 is 1.36 bits per heavy atom. The average Bonchev–Trinajstić information content (AvgIpc) is 4.30. The van der Waals surface area contributed by atoms with Crippen LogP contribution in [-0.2, 0) is 13.1 Å². The molecule has 12 rings (SSSR count). The molecule has 2 unspecified atom stereocenters. The van der Waals surface area contributed by atoms with E-state index in [0.717, 1.165) is 106 Å². The van der Waals surface area contributed by atoms with Gasteiger partial charge in [0.25, 0.3) is 0 Å². The highest BCUT2D eigenvalue weighted by Crippen LogP contribution is 2.54. The first-order valence-electron chi connectivity index (χ1n) is 27.1. The number of hydrogen-bond donors (Lipinski definition) is 2. The summed E-state index contributed by atoms with van der Waals surface area (Å²) in [6, 6.07) is 36.2. The maximum Gasteiger partial charge on any atom is 0.197 e. The number of aromatic nitrogens is 2. The molecule has 4 aliphatic rings. The Morgan fingerprint density at radius 1 is 0.538 bits per heavy atom. The Balaban J connectivity index is 1.11. The number of ketones is 1. The van der Waals surface area contributed by atoms with Crippen LogP contribution in [-0.4, -0.2) is 82.9 Å². The molecule has 6 heterocycles. The number of ether oxygens (including phenoxy) is 6. The highest BCUT2D eigenvalue weighted by Gasteiger charge is 2.37. The Labute approximate surface area is 454 Å². The van der Waals surface area contributed by atoms with Gasteiger partial charge in [-0.3, -0.25) is 4.79 Å². The SMILES string of the molecule is COc1ccc(-c2c(OCCC3CCCCN3)ccc(C(=O)c3ccc(OCCC4CCCCN4)c(-c4ccc(OC)cc4)c3N3Cc4conc4-c4ccc(OC)cc43)c2N2Cc3conc3-c3ccc(OC)cc32)cc1. The van der Waals surface area contributed by atoms with Crippen molar-refractivity contribution < 1.29 is 42.3 Å². The molecule has 0 aliphatic carbocycles. The lowest BCUT2D eigenvalue weighted by atomic mass is 9.88. The minimum atomic E-state index is -0.235. The quantitative estimate of drug-likeness (QED) is 0.0783. The summed E-state index contributed by atoms with van der Waals surface area (Å²) < 4.78 is 48.6. The Bertz CT molecular complexity index is 3210. The van der Waals surface area contributed by atoms with Crippen LogP contribution >= 0.6 is 0 Å². The summed E-state index contributed by atoms with van der Waals surface area (Å²) in [5.74, 6) is 3.72. The number of benzene rings is 6. The lowest BCUT2D eigenvalue weighted by Gasteiger charge is -2.36. The van der Waals surface area contributed by atoms with Gasteiger partial charge in [0.1, 0.15) is 58.4 Å². The van der Waals surface area contributed by atoms with Crippen LogP contribution < -0.4 is 48.9 Å². The minimum absolute atomic E-state index is 0.235. The number of nitrogens with zero attached hydrogens (tertiary/aromatic N) is 4. The first-order valence-corrected chi connectivity index (χ1v) is 27.1. The van der Waals surface area contributed by atoms with Crippen molar-refractivity contribution in [1.29, 1.82) is 0 Å². The second-order valence-electron chi connectivity index (χ2n) is 20.3. The predicted molar refractivity (Wildman–Crippen MR) is 300 cm³/mol. The topological polar surface area (TPSA) is 155 Å². The van der Waals surface area contributed by atoms with E-state index < -0.39 is 0 Å². The van der Waals surface area contributed by atoms with E-state index in [1.165, 1.54) is 25.7 Å². The Morgan fingerprint density at radius 2 is 0.962 bits per heavy atom. The molecule has 400 valence electrons. The third-order valence-corrected chi connectivity index (χ3v) is 15.8. The van der Waals surface area contributed by atoms with Crippen molar-refractivity contribution in [2.75, 3.05) is 64.5 Å². The lowest BCUT2D eigenvalue weighted by Crippen LogP contribution is -2.35. The van der Waals surface area contributed by atoms with Gasteiger partial charge in [0.15, 0.2) is 5.78 Å². The molecule has 15 heteroatoms. The standard InChI is InChI=1S/C63H64N6O9/c1-71-45-15-11-39(12-16-45)57-55(75-31-27-43-9-5-7-29-64-43)25-23-51(61(57)68-35-41-37-77-66-59(41)49-21-19-47(73-3)33-53(49)68)63(70)52-24-26-56(76-32-28-44-10-6-8-30-65-44)58(40-13-17-46(72-2)18-14-40)62(52)69-36-42-38-78-67-60(42)50-22-20-48(74-4)34-54(50)69/h11-26,33-34,37-38,43-44,64-65H,5-10,27-32,35-36H2,1-4H3. The van der Waals surface area contributed by atoms with E-state index in [9.17, 15) is 0 Å². The number of nitrogens with one attached hydrogen (secondary N) is 2. The summed E-state index contributed by atoms with van der Waals surface area (Å²) in [4.78, 5) is 21.3. The maximum absolute atomic E-state index is 17.0. The van der Waals surface area contributed by atoms with Crippen LogP contribution in [0.3, 0.4) is 0 Å². The molecule has 15 nitrogen and oxygen atoms in total. The second kappa shape index (κ2) is 22.4. The third kappa shape index (κ3) is 9.77. The van der Waals surface area contributed by atoms with E-state index in [-0.39, 0.29) is 5.78 Å². The maximum atomic E-state index is 17.0. The van der Waals surface area contributed by atoms with Crippen molar-refractivity contribution in [2.45, 2.75) is 76.5 Å². The van der Waals surface area contributed by atoms with E-state index in [2.05, 4.69) is 30.7 Å². The number of rotatable bonds is 18. The smallest absolute Gasteiger partial charge is 0.197 e. The van der Waals surface area contributed by atoms with E-state index in [1.54, 1.807) is 41.0 Å². The summed E-state index contributed by atoms with van der Waals surface area (Å²) in [5.41, 5.74) is 11.7. The molecule has 2 saturated heterocycles. The fraction of sp³-hybridized carbons (Fsp3) is 0.317. The zero-order valence-electron chi connectivity index (χ0n) is 44.6. The largest absolute Gasteiger partial charge is 0.497 e.